The van der Waals surface area contributed by atoms with Gasteiger partial charge in [-0.15, -0.1) is 0 Å². The van der Waals surface area contributed by atoms with Gasteiger partial charge >= 0.3 is 0 Å². The highest BCUT2D eigenvalue weighted by Gasteiger charge is 2.06. The van der Waals surface area contributed by atoms with Crippen LogP contribution in [-0.4, -0.2) is 26.4 Å². The van der Waals surface area contributed by atoms with E-state index in [2.05, 4.69) is 51.2 Å². The van der Waals surface area contributed by atoms with Crippen molar-refractivity contribution in [2.45, 2.75) is 40.7 Å². The third-order valence-corrected chi connectivity index (χ3v) is 3.17. The molecule has 0 aliphatic rings. The maximum Gasteiger partial charge on any atom is 0.126 e. The SMILES string of the molecule is CCNCc1cccc(C)c1OCCOCCC(C)C. The van der Waals surface area contributed by atoms with Gasteiger partial charge < -0.3 is 14.8 Å². The molecule has 20 heavy (non-hydrogen) atoms. The van der Waals surface area contributed by atoms with Crippen molar-refractivity contribution in [1.82, 2.24) is 5.32 Å². The monoisotopic (exact) mass is 279 g/mol. The summed E-state index contributed by atoms with van der Waals surface area (Å²) in [6.07, 6.45) is 1.11. The van der Waals surface area contributed by atoms with E-state index in [1.165, 1.54) is 11.1 Å². The van der Waals surface area contributed by atoms with Crippen LogP contribution in [0.3, 0.4) is 0 Å². The van der Waals surface area contributed by atoms with Crippen LogP contribution in [-0.2, 0) is 11.3 Å². The Bertz CT molecular complexity index is 377. The van der Waals surface area contributed by atoms with Crippen LogP contribution in [0.15, 0.2) is 18.2 Å². The summed E-state index contributed by atoms with van der Waals surface area (Å²) in [4.78, 5) is 0. The lowest BCUT2D eigenvalue weighted by atomic mass is 10.1. The number of hydrogen-bond donors (Lipinski definition) is 1. The molecule has 0 atom stereocenters. The van der Waals surface area contributed by atoms with Crippen LogP contribution in [0.4, 0.5) is 0 Å². The molecule has 0 saturated carbocycles. The zero-order valence-corrected chi connectivity index (χ0v) is 13.4. The van der Waals surface area contributed by atoms with Gasteiger partial charge in [0, 0.05) is 18.7 Å². The van der Waals surface area contributed by atoms with Crippen LogP contribution < -0.4 is 10.1 Å². The summed E-state index contributed by atoms with van der Waals surface area (Å²) in [7, 11) is 0. The fourth-order valence-electron chi connectivity index (χ4n) is 1.94. The van der Waals surface area contributed by atoms with Gasteiger partial charge in [-0.3, -0.25) is 0 Å². The van der Waals surface area contributed by atoms with Gasteiger partial charge in [-0.1, -0.05) is 39.0 Å². The van der Waals surface area contributed by atoms with Crippen molar-refractivity contribution in [1.29, 1.82) is 0 Å². The predicted octanol–water partition coefficient (Wildman–Crippen LogP) is 3.55. The van der Waals surface area contributed by atoms with Gasteiger partial charge in [0.15, 0.2) is 0 Å². The van der Waals surface area contributed by atoms with Gasteiger partial charge in [0.1, 0.15) is 12.4 Å². The molecule has 0 amide bonds. The van der Waals surface area contributed by atoms with E-state index in [0.29, 0.717) is 19.1 Å². The maximum absolute atomic E-state index is 5.91. The molecule has 114 valence electrons. The van der Waals surface area contributed by atoms with E-state index in [9.17, 15) is 0 Å². The molecule has 3 nitrogen and oxygen atoms in total. The predicted molar refractivity (Wildman–Crippen MR) is 84.3 cm³/mol. The maximum atomic E-state index is 5.91. The number of aryl methyl sites for hydroxylation is 1. The first-order valence-electron chi connectivity index (χ1n) is 7.64. The van der Waals surface area contributed by atoms with Crippen molar-refractivity contribution in [3.63, 3.8) is 0 Å². The Balaban J connectivity index is 2.38. The molecule has 1 aromatic carbocycles. The van der Waals surface area contributed by atoms with Crippen LogP contribution in [0.5, 0.6) is 5.75 Å². The van der Waals surface area contributed by atoms with Crippen LogP contribution in [0.2, 0.25) is 0 Å². The molecule has 0 radical (unpaired) electrons. The van der Waals surface area contributed by atoms with E-state index in [-0.39, 0.29) is 0 Å². The molecule has 0 aliphatic carbocycles. The van der Waals surface area contributed by atoms with Gasteiger partial charge in [0.25, 0.3) is 0 Å². The molecule has 0 heterocycles. The second-order valence-corrected chi connectivity index (χ2v) is 5.49. The summed E-state index contributed by atoms with van der Waals surface area (Å²) < 4.78 is 11.5. The number of rotatable bonds is 10. The van der Waals surface area contributed by atoms with Gasteiger partial charge in [-0.25, -0.2) is 0 Å². The van der Waals surface area contributed by atoms with E-state index in [4.69, 9.17) is 9.47 Å². The minimum Gasteiger partial charge on any atom is -0.491 e. The van der Waals surface area contributed by atoms with Gasteiger partial charge in [0.05, 0.1) is 6.61 Å². The van der Waals surface area contributed by atoms with Gasteiger partial charge in [-0.05, 0) is 31.4 Å². The molecule has 0 bridgehead atoms. The summed E-state index contributed by atoms with van der Waals surface area (Å²) in [5.41, 5.74) is 2.40. The van der Waals surface area contributed by atoms with Crippen LogP contribution in [0.25, 0.3) is 0 Å². The van der Waals surface area contributed by atoms with E-state index in [0.717, 1.165) is 31.9 Å². The van der Waals surface area contributed by atoms with Crippen LogP contribution in [0.1, 0.15) is 38.3 Å². The summed E-state index contributed by atoms with van der Waals surface area (Å²) in [5, 5.41) is 3.34. The van der Waals surface area contributed by atoms with Crippen molar-refractivity contribution in [3.8, 4) is 5.75 Å². The Morgan fingerprint density at radius 3 is 2.65 bits per heavy atom. The zero-order valence-electron chi connectivity index (χ0n) is 13.4. The summed E-state index contributed by atoms with van der Waals surface area (Å²) >= 11 is 0. The molecule has 0 aromatic heterocycles. The van der Waals surface area contributed by atoms with Crippen molar-refractivity contribution in [2.75, 3.05) is 26.4 Å². The lowest BCUT2D eigenvalue weighted by Gasteiger charge is -2.14. The fraction of sp³-hybridized carbons (Fsp3) is 0.647. The number of benzene rings is 1. The first kappa shape index (κ1) is 17.0. The molecule has 1 N–H and O–H groups in total. The first-order chi connectivity index (χ1) is 9.65. The minimum absolute atomic E-state index is 0.613. The van der Waals surface area contributed by atoms with E-state index < -0.39 is 0 Å². The molecule has 0 fully saturated rings. The number of hydrogen-bond acceptors (Lipinski definition) is 3. The van der Waals surface area contributed by atoms with Crippen molar-refractivity contribution in [2.24, 2.45) is 5.92 Å². The zero-order chi connectivity index (χ0) is 14.8. The Hall–Kier alpha value is -1.06. The highest BCUT2D eigenvalue weighted by Crippen LogP contribution is 2.23. The summed E-state index contributed by atoms with van der Waals surface area (Å²) in [6.45, 7) is 12.5. The first-order valence-corrected chi connectivity index (χ1v) is 7.64. The lowest BCUT2D eigenvalue weighted by molar-refractivity contribution is 0.0920. The number of para-hydroxylation sites is 1. The largest absolute Gasteiger partial charge is 0.491 e. The highest BCUT2D eigenvalue weighted by molar-refractivity contribution is 5.40. The quantitative estimate of drug-likeness (QED) is 0.664. The molecule has 0 saturated heterocycles. The van der Waals surface area contributed by atoms with Gasteiger partial charge in [-0.2, -0.15) is 0 Å². The number of ether oxygens (including phenoxy) is 2. The van der Waals surface area contributed by atoms with Crippen molar-refractivity contribution >= 4 is 0 Å². The highest BCUT2D eigenvalue weighted by atomic mass is 16.5. The van der Waals surface area contributed by atoms with E-state index in [1.54, 1.807) is 0 Å². The minimum atomic E-state index is 0.613. The Kier molecular flexibility index (Phi) is 8.31. The third kappa shape index (κ3) is 6.40. The molecular weight excluding hydrogens is 250 g/mol. The topological polar surface area (TPSA) is 30.5 Å². The Labute approximate surface area is 123 Å². The number of nitrogens with one attached hydrogen (secondary N) is 1. The molecule has 0 unspecified atom stereocenters. The molecule has 1 rings (SSSR count). The van der Waals surface area contributed by atoms with Crippen molar-refractivity contribution < 1.29 is 9.47 Å². The Morgan fingerprint density at radius 2 is 1.95 bits per heavy atom. The Morgan fingerprint density at radius 1 is 1.15 bits per heavy atom. The summed E-state index contributed by atoms with van der Waals surface area (Å²) in [5.74, 6) is 1.69. The third-order valence-electron chi connectivity index (χ3n) is 3.17. The second-order valence-electron chi connectivity index (χ2n) is 5.49. The normalized spacial score (nSPS) is 11.1. The molecular formula is C17H29NO2. The standard InChI is InChI=1S/C17H29NO2/c1-5-18-13-16-8-6-7-15(4)17(16)20-12-11-19-10-9-14(2)3/h6-8,14,18H,5,9-13H2,1-4H3. The molecule has 0 aliphatic heterocycles. The van der Waals surface area contributed by atoms with Crippen molar-refractivity contribution in [3.05, 3.63) is 29.3 Å². The van der Waals surface area contributed by atoms with E-state index in [1.807, 2.05) is 0 Å². The lowest BCUT2D eigenvalue weighted by Crippen LogP contribution is -2.15. The second kappa shape index (κ2) is 9.78. The summed E-state index contributed by atoms with van der Waals surface area (Å²) in [6, 6.07) is 6.28. The van der Waals surface area contributed by atoms with E-state index >= 15 is 0 Å². The molecule has 0 spiro atoms. The average molecular weight is 279 g/mol. The smallest absolute Gasteiger partial charge is 0.126 e. The molecule has 3 heteroatoms. The van der Waals surface area contributed by atoms with Gasteiger partial charge in [0.2, 0.25) is 0 Å². The van der Waals surface area contributed by atoms with Crippen LogP contribution in [0, 0.1) is 12.8 Å². The van der Waals surface area contributed by atoms with Crippen LogP contribution >= 0.6 is 0 Å². The fourth-order valence-corrected chi connectivity index (χ4v) is 1.94. The average Bonchev–Trinajstić information content (AvgIpc) is 2.42. The molecule has 1 aromatic rings.